The van der Waals surface area contributed by atoms with Crippen LogP contribution in [0.4, 0.5) is 4.39 Å². The predicted molar refractivity (Wildman–Crippen MR) is 125 cm³/mol. The SMILES string of the molecule is COc1ccc(F)cc1C(=O)Cn1cc(/C(C)=N/OC(C)C)c(=O)n(CCON=C(C)C)c1=O. The molecule has 2 rings (SSSR count). The molecule has 0 aliphatic rings. The van der Waals surface area contributed by atoms with Crippen molar-refractivity contribution in [3.8, 4) is 5.75 Å². The Morgan fingerprint density at radius 2 is 1.82 bits per heavy atom. The molecule has 1 aromatic carbocycles. The van der Waals surface area contributed by atoms with Gasteiger partial charge < -0.3 is 14.4 Å². The summed E-state index contributed by atoms with van der Waals surface area (Å²) in [6.07, 6.45) is 1.01. The number of carbonyl (C=O) groups is 1. The van der Waals surface area contributed by atoms with Crippen LogP contribution in [0, 0.1) is 5.82 Å². The lowest BCUT2D eigenvalue weighted by Gasteiger charge is -2.14. The molecule has 0 amide bonds. The van der Waals surface area contributed by atoms with Crippen LogP contribution >= 0.6 is 0 Å². The molecular weight excluding hydrogens is 447 g/mol. The Hall–Kier alpha value is -3.76. The predicted octanol–water partition coefficient (Wildman–Crippen LogP) is 2.60. The topological polar surface area (TPSA) is 113 Å². The van der Waals surface area contributed by atoms with Crippen LogP contribution in [0.1, 0.15) is 50.5 Å². The molecule has 0 saturated carbocycles. The molecule has 0 atom stereocenters. The standard InChI is InChI=1S/C23H29FN4O6/c1-14(2)25-33-10-9-28-22(30)19(16(5)26-34-15(3)4)12-27(23(28)31)13-20(29)18-11-17(24)7-8-21(18)32-6/h7-8,11-12,15H,9-10,13H2,1-6H3/b26-16+. The summed E-state index contributed by atoms with van der Waals surface area (Å²) < 4.78 is 20.9. The van der Waals surface area contributed by atoms with Gasteiger partial charge in [0.15, 0.2) is 5.78 Å². The number of methoxy groups -OCH3 is 1. The number of ether oxygens (including phenoxy) is 1. The number of carbonyl (C=O) groups excluding carboxylic acids is 1. The number of halogens is 1. The summed E-state index contributed by atoms with van der Waals surface area (Å²) >= 11 is 0. The van der Waals surface area contributed by atoms with Crippen LogP contribution in [0.15, 0.2) is 44.3 Å². The third kappa shape index (κ3) is 6.87. The van der Waals surface area contributed by atoms with E-state index in [1.54, 1.807) is 34.6 Å². The number of aromatic nitrogens is 2. The molecule has 0 N–H and O–H groups in total. The number of oxime groups is 2. The minimum absolute atomic E-state index is 0.0293. The highest BCUT2D eigenvalue weighted by Gasteiger charge is 2.19. The van der Waals surface area contributed by atoms with Gasteiger partial charge in [-0.15, -0.1) is 0 Å². The van der Waals surface area contributed by atoms with E-state index in [2.05, 4.69) is 10.3 Å². The van der Waals surface area contributed by atoms with Crippen molar-refractivity contribution in [3.05, 3.63) is 62.2 Å². The molecule has 1 aromatic heterocycles. The van der Waals surface area contributed by atoms with Crippen LogP contribution < -0.4 is 16.0 Å². The van der Waals surface area contributed by atoms with Crippen LogP contribution in [0.25, 0.3) is 0 Å². The molecule has 0 saturated heterocycles. The molecule has 10 nitrogen and oxygen atoms in total. The molecule has 2 aromatic rings. The Kier molecular flexibility index (Phi) is 9.28. The van der Waals surface area contributed by atoms with E-state index in [0.717, 1.165) is 21.3 Å². The van der Waals surface area contributed by atoms with Crippen LogP contribution in [-0.4, -0.2) is 46.2 Å². The van der Waals surface area contributed by atoms with Crippen molar-refractivity contribution in [2.75, 3.05) is 13.7 Å². The van der Waals surface area contributed by atoms with E-state index in [0.29, 0.717) is 5.71 Å². The summed E-state index contributed by atoms with van der Waals surface area (Å²) in [7, 11) is 1.35. The van der Waals surface area contributed by atoms with Gasteiger partial charge in [0.1, 0.15) is 24.3 Å². The summed E-state index contributed by atoms with van der Waals surface area (Å²) in [5, 5.41) is 7.73. The van der Waals surface area contributed by atoms with E-state index in [1.165, 1.54) is 19.4 Å². The molecule has 0 radical (unpaired) electrons. The maximum absolute atomic E-state index is 13.8. The Labute approximate surface area is 196 Å². The molecule has 0 bridgehead atoms. The smallest absolute Gasteiger partial charge is 0.331 e. The normalized spacial score (nSPS) is 11.4. The van der Waals surface area contributed by atoms with Crippen LogP contribution in [0.2, 0.25) is 0 Å². The zero-order valence-corrected chi connectivity index (χ0v) is 20.1. The van der Waals surface area contributed by atoms with Crippen molar-refractivity contribution in [2.24, 2.45) is 10.3 Å². The molecule has 0 fully saturated rings. The third-order valence-electron chi connectivity index (χ3n) is 4.46. The first-order valence-electron chi connectivity index (χ1n) is 10.6. The molecular formula is C23H29FN4O6. The van der Waals surface area contributed by atoms with Crippen LogP contribution in [-0.2, 0) is 22.8 Å². The molecule has 0 unspecified atom stereocenters. The molecule has 184 valence electrons. The average molecular weight is 477 g/mol. The van der Waals surface area contributed by atoms with Crippen molar-refractivity contribution in [3.63, 3.8) is 0 Å². The number of rotatable bonds is 11. The fourth-order valence-corrected chi connectivity index (χ4v) is 2.89. The van der Waals surface area contributed by atoms with Gasteiger partial charge in [-0.1, -0.05) is 10.3 Å². The summed E-state index contributed by atoms with van der Waals surface area (Å²) in [6.45, 7) is 7.95. The van der Waals surface area contributed by atoms with Crippen molar-refractivity contribution in [1.82, 2.24) is 9.13 Å². The monoisotopic (exact) mass is 476 g/mol. The quantitative estimate of drug-likeness (QED) is 0.213. The Balaban J connectivity index is 2.53. The first kappa shape index (κ1) is 26.5. The maximum atomic E-state index is 13.8. The Bertz CT molecular complexity index is 1210. The number of Topliss-reactive ketones (excluding diaryl/α,β-unsaturated/α-hetero) is 1. The van der Waals surface area contributed by atoms with E-state index >= 15 is 0 Å². The van der Waals surface area contributed by atoms with Gasteiger partial charge in [-0.05, 0) is 52.8 Å². The number of benzene rings is 1. The fraction of sp³-hybridized carbons (Fsp3) is 0.435. The first-order valence-corrected chi connectivity index (χ1v) is 10.6. The summed E-state index contributed by atoms with van der Waals surface area (Å²) in [6, 6.07) is 3.52. The minimum Gasteiger partial charge on any atom is -0.496 e. The van der Waals surface area contributed by atoms with E-state index in [-0.39, 0.29) is 41.8 Å². The Morgan fingerprint density at radius 1 is 1.12 bits per heavy atom. The molecule has 1 heterocycles. The van der Waals surface area contributed by atoms with Gasteiger partial charge >= 0.3 is 5.69 Å². The average Bonchev–Trinajstić information content (AvgIpc) is 2.78. The van der Waals surface area contributed by atoms with Crippen LogP contribution in [0.3, 0.4) is 0 Å². The lowest BCUT2D eigenvalue weighted by molar-refractivity contribution is 0.0859. The van der Waals surface area contributed by atoms with Crippen molar-refractivity contribution < 1.29 is 23.6 Å². The lowest BCUT2D eigenvalue weighted by Crippen LogP contribution is -2.43. The minimum atomic E-state index is -0.740. The maximum Gasteiger partial charge on any atom is 0.331 e. The van der Waals surface area contributed by atoms with E-state index < -0.39 is 29.4 Å². The van der Waals surface area contributed by atoms with Gasteiger partial charge in [-0.2, -0.15) is 0 Å². The molecule has 0 aliphatic carbocycles. The van der Waals surface area contributed by atoms with E-state index in [1.807, 2.05) is 0 Å². The highest BCUT2D eigenvalue weighted by molar-refractivity contribution is 5.99. The second-order valence-corrected chi connectivity index (χ2v) is 7.88. The summed E-state index contributed by atoms with van der Waals surface area (Å²) in [4.78, 5) is 49.4. The highest BCUT2D eigenvalue weighted by atomic mass is 19.1. The molecule has 0 spiro atoms. The molecule has 0 aliphatic heterocycles. The second kappa shape index (κ2) is 11.9. The van der Waals surface area contributed by atoms with Crippen molar-refractivity contribution in [2.45, 2.75) is 53.8 Å². The first-order chi connectivity index (χ1) is 16.0. The number of hydrogen-bond donors (Lipinski definition) is 0. The van der Waals surface area contributed by atoms with E-state index in [4.69, 9.17) is 14.4 Å². The third-order valence-corrected chi connectivity index (χ3v) is 4.46. The van der Waals surface area contributed by atoms with Crippen molar-refractivity contribution in [1.29, 1.82) is 0 Å². The zero-order valence-electron chi connectivity index (χ0n) is 20.1. The van der Waals surface area contributed by atoms with Gasteiger partial charge in [-0.25, -0.2) is 9.18 Å². The van der Waals surface area contributed by atoms with Gasteiger partial charge in [0.05, 0.1) is 42.7 Å². The van der Waals surface area contributed by atoms with E-state index in [9.17, 15) is 18.8 Å². The second-order valence-electron chi connectivity index (χ2n) is 7.88. The molecule has 11 heteroatoms. The number of hydrogen-bond acceptors (Lipinski definition) is 8. The van der Waals surface area contributed by atoms with Crippen molar-refractivity contribution >= 4 is 17.2 Å². The lowest BCUT2D eigenvalue weighted by atomic mass is 10.1. The van der Waals surface area contributed by atoms with Gasteiger partial charge in [0.25, 0.3) is 5.56 Å². The number of ketones is 1. The summed E-state index contributed by atoms with van der Waals surface area (Å²) in [5.41, 5.74) is -0.433. The largest absolute Gasteiger partial charge is 0.496 e. The summed E-state index contributed by atoms with van der Waals surface area (Å²) in [5.74, 6) is -1.04. The van der Waals surface area contributed by atoms with Gasteiger partial charge in [0, 0.05) is 6.20 Å². The molecule has 34 heavy (non-hydrogen) atoms. The van der Waals surface area contributed by atoms with Gasteiger partial charge in [0.2, 0.25) is 0 Å². The Morgan fingerprint density at radius 3 is 2.44 bits per heavy atom. The zero-order chi connectivity index (χ0) is 25.4. The number of nitrogens with zero attached hydrogens (tertiary/aromatic N) is 4. The fourth-order valence-electron chi connectivity index (χ4n) is 2.89. The highest BCUT2D eigenvalue weighted by Crippen LogP contribution is 2.20. The van der Waals surface area contributed by atoms with Gasteiger partial charge in [-0.3, -0.25) is 18.7 Å². The van der Waals surface area contributed by atoms with Crippen LogP contribution in [0.5, 0.6) is 5.75 Å².